The summed E-state index contributed by atoms with van der Waals surface area (Å²) in [5.41, 5.74) is 0.0379. The first-order chi connectivity index (χ1) is 29.0. The van der Waals surface area contributed by atoms with E-state index < -0.39 is 26.7 Å². The Morgan fingerprint density at radius 3 is 1.48 bits per heavy atom. The fourth-order valence-corrected chi connectivity index (χ4v) is 8.67. The molecule has 0 spiro atoms. The summed E-state index contributed by atoms with van der Waals surface area (Å²) in [4.78, 5) is 80.7. The summed E-state index contributed by atoms with van der Waals surface area (Å²) in [5.74, 6) is 0.117. The third-order valence-electron chi connectivity index (χ3n) is 11.6. The van der Waals surface area contributed by atoms with Crippen molar-refractivity contribution in [1.29, 1.82) is 0 Å². The molecular formula is C42H42N8O10. The van der Waals surface area contributed by atoms with Gasteiger partial charge < -0.3 is 33.0 Å². The monoisotopic (exact) mass is 818 g/mol. The first kappa shape index (κ1) is 39.6. The second kappa shape index (κ2) is 16.6. The number of para-hydroxylation sites is 2. The van der Waals surface area contributed by atoms with Gasteiger partial charge in [-0.15, -0.1) is 0 Å². The number of furan rings is 2. The SMILES string of the molecule is Cn1c(=O)c([N+](=O)[O-])c(N2CCN(C(=O)c3ccco3)CC2)c2ccccc21.O=C(c1ccco1)N1CCN(c2c([N+](=O)[O-])c(=O)n(C3CCCC3)c3ccccc23)CC1. The Kier molecular flexibility index (Phi) is 10.9. The lowest BCUT2D eigenvalue weighted by molar-refractivity contribution is -0.385. The van der Waals surface area contributed by atoms with Gasteiger partial charge in [-0.25, -0.2) is 0 Å². The van der Waals surface area contributed by atoms with Crippen molar-refractivity contribution in [3.63, 3.8) is 0 Å². The number of nitro groups is 2. The molecular weight excluding hydrogens is 777 g/mol. The number of aromatic nitrogens is 2. The average molecular weight is 819 g/mol. The number of carbonyl (C=O) groups is 2. The highest BCUT2D eigenvalue weighted by atomic mass is 16.6. The van der Waals surface area contributed by atoms with Crippen molar-refractivity contribution in [3.8, 4) is 0 Å². The molecule has 9 rings (SSSR count). The average Bonchev–Trinajstić information content (AvgIpc) is 4.10. The highest BCUT2D eigenvalue weighted by molar-refractivity contribution is 5.98. The molecule has 6 heterocycles. The Bertz CT molecular complexity index is 2700. The Hall–Kier alpha value is -7.24. The number of hydrogen-bond acceptors (Lipinski definition) is 12. The fraction of sp³-hybridized carbons (Fsp3) is 0.333. The maximum atomic E-state index is 13.4. The fourth-order valence-electron chi connectivity index (χ4n) is 8.67. The highest BCUT2D eigenvalue weighted by Gasteiger charge is 2.35. The second-order valence-corrected chi connectivity index (χ2v) is 14.9. The molecule has 0 atom stereocenters. The van der Waals surface area contributed by atoms with Crippen LogP contribution in [0, 0.1) is 20.2 Å². The number of aryl methyl sites for hydroxylation is 1. The van der Waals surface area contributed by atoms with Crippen molar-refractivity contribution >= 4 is 56.4 Å². The number of piperazine rings is 2. The number of rotatable bonds is 7. The van der Waals surface area contributed by atoms with E-state index in [1.54, 1.807) is 62.9 Å². The number of anilines is 2. The van der Waals surface area contributed by atoms with Gasteiger partial charge in [-0.2, -0.15) is 0 Å². The van der Waals surface area contributed by atoms with Crippen LogP contribution in [0.25, 0.3) is 21.8 Å². The maximum absolute atomic E-state index is 13.4. The molecule has 60 heavy (non-hydrogen) atoms. The minimum absolute atomic E-state index is 0.0112. The first-order valence-electron chi connectivity index (χ1n) is 19.8. The summed E-state index contributed by atoms with van der Waals surface area (Å²) in [5, 5.41) is 25.2. The minimum Gasteiger partial charge on any atom is -0.459 e. The second-order valence-electron chi connectivity index (χ2n) is 14.9. The van der Waals surface area contributed by atoms with Crippen molar-refractivity contribution in [2.24, 2.45) is 7.05 Å². The van der Waals surface area contributed by atoms with E-state index in [1.165, 1.54) is 24.1 Å². The summed E-state index contributed by atoms with van der Waals surface area (Å²) >= 11 is 0. The van der Waals surface area contributed by atoms with Gasteiger partial charge in [-0.3, -0.25) is 44.0 Å². The highest BCUT2D eigenvalue weighted by Crippen LogP contribution is 2.39. The molecule has 3 aliphatic rings. The topological polar surface area (TPSA) is 204 Å². The third-order valence-corrected chi connectivity index (χ3v) is 11.6. The van der Waals surface area contributed by atoms with Gasteiger partial charge in [0.25, 0.3) is 11.8 Å². The van der Waals surface area contributed by atoms with E-state index in [2.05, 4.69) is 0 Å². The Labute approximate surface area is 341 Å². The molecule has 2 saturated heterocycles. The predicted molar refractivity (Wildman–Crippen MR) is 222 cm³/mol. The predicted octanol–water partition coefficient (Wildman–Crippen LogP) is 5.58. The van der Waals surface area contributed by atoms with E-state index in [-0.39, 0.29) is 35.1 Å². The lowest BCUT2D eigenvalue weighted by Gasteiger charge is -2.36. The van der Waals surface area contributed by atoms with Gasteiger partial charge in [0.05, 0.1) is 33.4 Å². The molecule has 18 nitrogen and oxygen atoms in total. The van der Waals surface area contributed by atoms with Gasteiger partial charge in [-0.05, 0) is 49.2 Å². The van der Waals surface area contributed by atoms with Gasteiger partial charge >= 0.3 is 22.5 Å². The molecule has 6 aromatic rings. The Balaban J connectivity index is 0.000000168. The molecule has 18 heteroatoms. The van der Waals surface area contributed by atoms with E-state index in [9.17, 15) is 39.4 Å². The number of carbonyl (C=O) groups excluding carboxylic acids is 2. The van der Waals surface area contributed by atoms with E-state index in [0.717, 1.165) is 31.2 Å². The Morgan fingerprint density at radius 1 is 0.600 bits per heavy atom. The molecule has 2 aliphatic heterocycles. The van der Waals surface area contributed by atoms with Gasteiger partial charge in [0, 0.05) is 76.2 Å². The van der Waals surface area contributed by atoms with Crippen molar-refractivity contribution in [1.82, 2.24) is 18.9 Å². The summed E-state index contributed by atoms with van der Waals surface area (Å²) in [7, 11) is 1.53. The number of fused-ring (bicyclic) bond motifs is 2. The maximum Gasteiger partial charge on any atom is 0.357 e. The van der Waals surface area contributed by atoms with Crippen LogP contribution < -0.4 is 20.9 Å². The van der Waals surface area contributed by atoms with Crippen LogP contribution in [0.2, 0.25) is 0 Å². The van der Waals surface area contributed by atoms with Crippen LogP contribution in [0.15, 0.2) is 104 Å². The van der Waals surface area contributed by atoms with Crippen LogP contribution in [0.4, 0.5) is 22.7 Å². The lowest BCUT2D eigenvalue weighted by Crippen LogP contribution is -2.49. The normalized spacial score (nSPS) is 15.9. The van der Waals surface area contributed by atoms with Crippen LogP contribution >= 0.6 is 0 Å². The number of hydrogen-bond donors (Lipinski definition) is 0. The molecule has 1 saturated carbocycles. The van der Waals surface area contributed by atoms with Crippen molar-refractivity contribution in [2.75, 3.05) is 62.2 Å². The molecule has 0 unspecified atom stereocenters. The summed E-state index contributed by atoms with van der Waals surface area (Å²) in [6.45, 7) is 3.07. The smallest absolute Gasteiger partial charge is 0.357 e. The van der Waals surface area contributed by atoms with E-state index in [0.29, 0.717) is 80.0 Å². The number of nitrogens with zero attached hydrogens (tertiary/aromatic N) is 8. The molecule has 310 valence electrons. The molecule has 2 amide bonds. The zero-order chi connectivity index (χ0) is 42.1. The summed E-state index contributed by atoms with van der Waals surface area (Å²) < 4.78 is 13.3. The van der Waals surface area contributed by atoms with Crippen LogP contribution in [0.3, 0.4) is 0 Å². The number of benzene rings is 2. The number of amides is 2. The summed E-state index contributed by atoms with van der Waals surface area (Å²) in [6.07, 6.45) is 6.65. The zero-order valence-corrected chi connectivity index (χ0v) is 32.8. The van der Waals surface area contributed by atoms with Crippen molar-refractivity contribution in [3.05, 3.63) is 138 Å². The van der Waals surface area contributed by atoms with Crippen LogP contribution in [0.1, 0.15) is 52.8 Å². The third kappa shape index (κ3) is 7.24. The van der Waals surface area contributed by atoms with Gasteiger partial charge in [0.1, 0.15) is 11.4 Å². The zero-order valence-electron chi connectivity index (χ0n) is 32.8. The summed E-state index contributed by atoms with van der Waals surface area (Å²) in [6, 6.07) is 21.1. The minimum atomic E-state index is -0.646. The van der Waals surface area contributed by atoms with Crippen LogP contribution in [0.5, 0.6) is 0 Å². The van der Waals surface area contributed by atoms with E-state index in [4.69, 9.17) is 8.83 Å². The number of pyridine rings is 2. The lowest BCUT2D eigenvalue weighted by atomic mass is 10.1. The first-order valence-corrected chi connectivity index (χ1v) is 19.8. The van der Waals surface area contributed by atoms with Crippen LogP contribution in [-0.4, -0.2) is 93.0 Å². The standard InChI is InChI=1S/C23H24N4O5.C19H18N4O5/c28-22(19-10-5-15-32-19)25-13-11-24(12-14-25)20-17-8-3-4-9-18(17)26(16-6-1-2-7-16)23(29)21(20)27(30)31;1-20-14-6-3-2-5-13(14)16(17(19(20)25)23(26)27)21-8-10-22(11-9-21)18(24)15-7-4-12-28-15/h3-5,8-10,15-16H,1-2,6-7,11-14H2;2-7,12H,8-11H2,1H3. The van der Waals surface area contributed by atoms with E-state index >= 15 is 0 Å². The van der Waals surface area contributed by atoms with Crippen molar-refractivity contribution in [2.45, 2.75) is 31.7 Å². The van der Waals surface area contributed by atoms with Gasteiger partial charge in [-0.1, -0.05) is 49.2 Å². The molecule has 4 aromatic heterocycles. The van der Waals surface area contributed by atoms with Crippen LogP contribution in [-0.2, 0) is 7.05 Å². The molecule has 0 bridgehead atoms. The van der Waals surface area contributed by atoms with Gasteiger partial charge in [0.15, 0.2) is 11.5 Å². The Morgan fingerprint density at radius 2 is 1.03 bits per heavy atom. The van der Waals surface area contributed by atoms with E-state index in [1.807, 2.05) is 34.1 Å². The largest absolute Gasteiger partial charge is 0.459 e. The molecule has 3 fully saturated rings. The molecule has 0 radical (unpaired) electrons. The quantitative estimate of drug-likeness (QED) is 0.143. The van der Waals surface area contributed by atoms with Crippen molar-refractivity contribution < 1.29 is 28.3 Å². The molecule has 1 aliphatic carbocycles. The molecule has 0 N–H and O–H groups in total. The molecule has 2 aromatic carbocycles. The van der Waals surface area contributed by atoms with Gasteiger partial charge in [0.2, 0.25) is 0 Å².